The molecule has 8 heteroatoms. The van der Waals surface area contributed by atoms with Crippen molar-refractivity contribution >= 4 is 27.5 Å². The molecule has 2 aromatic carbocycles. The summed E-state index contributed by atoms with van der Waals surface area (Å²) in [4.78, 5) is 10.8. The molecule has 0 unspecified atom stereocenters. The van der Waals surface area contributed by atoms with E-state index in [2.05, 4.69) is 0 Å². The summed E-state index contributed by atoms with van der Waals surface area (Å²) in [6, 6.07) is 11.5. The molecule has 132 valence electrons. The molecule has 0 spiro atoms. The summed E-state index contributed by atoms with van der Waals surface area (Å²) < 4.78 is 27.7. The SMILES string of the molecule is Cc1ccc(S(=O)(=O)N2CCS[C@@H]2c2cccc([N+](=O)[O-])c2)c(C)c1. The van der Waals surface area contributed by atoms with Gasteiger partial charge in [0.2, 0.25) is 10.0 Å². The molecule has 1 aliphatic heterocycles. The number of rotatable bonds is 4. The molecule has 6 nitrogen and oxygen atoms in total. The molecular weight excluding hydrogens is 360 g/mol. The first kappa shape index (κ1) is 17.9. The van der Waals surface area contributed by atoms with Crippen molar-refractivity contribution in [3.63, 3.8) is 0 Å². The van der Waals surface area contributed by atoms with Crippen molar-refractivity contribution in [3.05, 3.63) is 69.3 Å². The highest BCUT2D eigenvalue weighted by atomic mass is 32.2. The second kappa shape index (κ2) is 6.78. The van der Waals surface area contributed by atoms with E-state index < -0.39 is 20.3 Å². The second-order valence-electron chi connectivity index (χ2n) is 5.96. The number of hydrogen-bond donors (Lipinski definition) is 0. The minimum Gasteiger partial charge on any atom is -0.258 e. The maximum absolute atomic E-state index is 13.1. The van der Waals surface area contributed by atoms with Gasteiger partial charge in [0, 0.05) is 24.4 Å². The molecule has 1 saturated heterocycles. The van der Waals surface area contributed by atoms with Crippen molar-refractivity contribution in [1.82, 2.24) is 4.31 Å². The van der Waals surface area contributed by atoms with Crippen LogP contribution in [0.2, 0.25) is 0 Å². The van der Waals surface area contributed by atoms with E-state index in [9.17, 15) is 18.5 Å². The molecule has 3 rings (SSSR count). The van der Waals surface area contributed by atoms with Crippen molar-refractivity contribution in [3.8, 4) is 0 Å². The van der Waals surface area contributed by atoms with Gasteiger partial charge in [0.1, 0.15) is 0 Å². The zero-order chi connectivity index (χ0) is 18.2. The first-order chi connectivity index (χ1) is 11.8. The van der Waals surface area contributed by atoms with Gasteiger partial charge >= 0.3 is 0 Å². The number of sulfonamides is 1. The predicted octanol–water partition coefficient (Wildman–Crippen LogP) is 3.65. The number of nitrogens with zero attached hydrogens (tertiary/aromatic N) is 2. The van der Waals surface area contributed by atoms with Crippen molar-refractivity contribution < 1.29 is 13.3 Å². The number of non-ortho nitro benzene ring substituents is 1. The summed E-state index contributed by atoms with van der Waals surface area (Å²) in [6.45, 7) is 4.08. The van der Waals surface area contributed by atoms with Gasteiger partial charge in [0.05, 0.1) is 15.2 Å². The number of thioether (sulfide) groups is 1. The number of hydrogen-bond acceptors (Lipinski definition) is 5. The van der Waals surface area contributed by atoms with Crippen LogP contribution in [0.25, 0.3) is 0 Å². The predicted molar refractivity (Wildman–Crippen MR) is 98.1 cm³/mol. The first-order valence-electron chi connectivity index (χ1n) is 7.76. The first-order valence-corrected chi connectivity index (χ1v) is 10.2. The number of nitro groups is 1. The fraction of sp³-hybridized carbons (Fsp3) is 0.294. The lowest BCUT2D eigenvalue weighted by atomic mass is 10.2. The van der Waals surface area contributed by atoms with Gasteiger partial charge in [-0.3, -0.25) is 10.1 Å². The number of benzene rings is 2. The molecular formula is C17H18N2O4S2. The minimum absolute atomic E-state index is 0.0335. The van der Waals surface area contributed by atoms with Crippen molar-refractivity contribution in [2.75, 3.05) is 12.3 Å². The van der Waals surface area contributed by atoms with Crippen molar-refractivity contribution in [2.24, 2.45) is 0 Å². The van der Waals surface area contributed by atoms with E-state index in [0.717, 1.165) is 5.56 Å². The molecule has 2 aromatic rings. The van der Waals surface area contributed by atoms with Gasteiger partial charge in [-0.1, -0.05) is 29.8 Å². The van der Waals surface area contributed by atoms with Crippen LogP contribution in [0.3, 0.4) is 0 Å². The van der Waals surface area contributed by atoms with Crippen molar-refractivity contribution in [2.45, 2.75) is 24.1 Å². The Kier molecular flexibility index (Phi) is 4.86. The topological polar surface area (TPSA) is 80.5 Å². The van der Waals surface area contributed by atoms with Crippen LogP contribution in [-0.4, -0.2) is 29.9 Å². The van der Waals surface area contributed by atoms with Crippen LogP contribution in [0.4, 0.5) is 5.69 Å². The fourth-order valence-electron chi connectivity index (χ4n) is 2.97. The van der Waals surface area contributed by atoms with Gasteiger partial charge in [0.15, 0.2) is 0 Å². The van der Waals surface area contributed by atoms with E-state index in [1.54, 1.807) is 31.2 Å². The van der Waals surface area contributed by atoms with E-state index in [0.29, 0.717) is 23.4 Å². The van der Waals surface area contributed by atoms with Crippen molar-refractivity contribution in [1.29, 1.82) is 0 Å². The average Bonchev–Trinajstić information content (AvgIpc) is 3.05. The van der Waals surface area contributed by atoms with Gasteiger partial charge in [-0.05, 0) is 31.0 Å². The fourth-order valence-corrected chi connectivity index (χ4v) is 6.41. The Balaban J connectivity index is 2.01. The summed E-state index contributed by atoms with van der Waals surface area (Å²) in [7, 11) is -3.67. The number of aryl methyl sites for hydroxylation is 2. The highest BCUT2D eigenvalue weighted by Crippen LogP contribution is 2.42. The van der Waals surface area contributed by atoms with Gasteiger partial charge in [-0.25, -0.2) is 8.42 Å². The summed E-state index contributed by atoms with van der Waals surface area (Å²) in [6.07, 6.45) is 0. The normalized spacial score (nSPS) is 18.4. The molecule has 1 heterocycles. The second-order valence-corrected chi connectivity index (χ2v) is 9.01. The highest BCUT2D eigenvalue weighted by molar-refractivity contribution is 8.01. The average molecular weight is 378 g/mol. The number of nitro benzene ring substituents is 1. The lowest BCUT2D eigenvalue weighted by Crippen LogP contribution is -2.31. The summed E-state index contributed by atoms with van der Waals surface area (Å²) >= 11 is 1.48. The Morgan fingerprint density at radius 3 is 2.64 bits per heavy atom. The minimum atomic E-state index is -3.67. The van der Waals surface area contributed by atoms with E-state index in [4.69, 9.17) is 0 Å². The zero-order valence-corrected chi connectivity index (χ0v) is 15.5. The van der Waals surface area contributed by atoms with Crippen LogP contribution < -0.4 is 0 Å². The van der Waals surface area contributed by atoms with E-state index in [1.807, 2.05) is 13.0 Å². The summed E-state index contributed by atoms with van der Waals surface area (Å²) in [5.74, 6) is 0.650. The molecule has 1 atom stereocenters. The molecule has 0 amide bonds. The summed E-state index contributed by atoms with van der Waals surface area (Å²) in [5.41, 5.74) is 2.30. The van der Waals surface area contributed by atoms with Gasteiger partial charge in [-0.15, -0.1) is 11.8 Å². The Morgan fingerprint density at radius 2 is 1.96 bits per heavy atom. The van der Waals surface area contributed by atoms with Crippen LogP contribution >= 0.6 is 11.8 Å². The standard InChI is InChI=1S/C17H18N2O4S2/c1-12-6-7-16(13(2)10-12)25(22,23)18-8-9-24-17(18)14-4-3-5-15(11-14)19(20)21/h3-7,10-11,17H,8-9H2,1-2H3/t17-/m1/s1. The highest BCUT2D eigenvalue weighted by Gasteiger charge is 2.37. The molecule has 0 bridgehead atoms. The largest absolute Gasteiger partial charge is 0.269 e. The Morgan fingerprint density at radius 1 is 1.20 bits per heavy atom. The lowest BCUT2D eigenvalue weighted by Gasteiger charge is -2.24. The van der Waals surface area contributed by atoms with Crippen LogP contribution in [-0.2, 0) is 10.0 Å². The van der Waals surface area contributed by atoms with Crippen LogP contribution in [0.5, 0.6) is 0 Å². The molecule has 0 aromatic heterocycles. The molecule has 1 fully saturated rings. The third-order valence-corrected chi connectivity index (χ3v) is 7.55. The van der Waals surface area contributed by atoms with Crippen LogP contribution in [0.15, 0.2) is 47.4 Å². The molecule has 0 N–H and O–H groups in total. The van der Waals surface area contributed by atoms with E-state index in [1.165, 1.54) is 28.2 Å². The molecule has 0 aliphatic carbocycles. The molecule has 1 aliphatic rings. The Labute approximate surface area is 151 Å². The Bertz CT molecular complexity index is 928. The lowest BCUT2D eigenvalue weighted by molar-refractivity contribution is -0.384. The smallest absolute Gasteiger partial charge is 0.258 e. The van der Waals surface area contributed by atoms with E-state index in [-0.39, 0.29) is 10.6 Å². The van der Waals surface area contributed by atoms with E-state index >= 15 is 0 Å². The quantitative estimate of drug-likeness (QED) is 0.599. The van der Waals surface area contributed by atoms with Gasteiger partial charge < -0.3 is 0 Å². The molecule has 0 radical (unpaired) electrons. The third kappa shape index (κ3) is 3.42. The maximum Gasteiger partial charge on any atom is 0.269 e. The maximum atomic E-state index is 13.1. The summed E-state index contributed by atoms with van der Waals surface area (Å²) in [5, 5.41) is 10.6. The molecule has 25 heavy (non-hydrogen) atoms. The monoisotopic (exact) mass is 378 g/mol. The van der Waals surface area contributed by atoms with Crippen LogP contribution in [0.1, 0.15) is 22.1 Å². The van der Waals surface area contributed by atoms with Crippen LogP contribution in [0, 0.1) is 24.0 Å². The molecule has 0 saturated carbocycles. The zero-order valence-electron chi connectivity index (χ0n) is 13.9. The third-order valence-electron chi connectivity index (χ3n) is 4.13. The van der Waals surface area contributed by atoms with Gasteiger partial charge in [-0.2, -0.15) is 4.31 Å². The Hall–Kier alpha value is -1.90. The van der Waals surface area contributed by atoms with Gasteiger partial charge in [0.25, 0.3) is 5.69 Å².